The molecule has 0 aliphatic carbocycles. The molecule has 8 nitrogen and oxygen atoms in total. The molecule has 0 aliphatic rings. The lowest BCUT2D eigenvalue weighted by atomic mass is 10.00. The highest BCUT2D eigenvalue weighted by atomic mass is 35.5. The molecule has 35 heavy (non-hydrogen) atoms. The summed E-state index contributed by atoms with van der Waals surface area (Å²) in [5.41, 5.74) is 8.76. The molecule has 0 radical (unpaired) electrons. The number of furan rings is 1. The van der Waals surface area contributed by atoms with Crippen molar-refractivity contribution in [2.24, 2.45) is 5.73 Å². The predicted molar refractivity (Wildman–Crippen MR) is 132 cm³/mol. The number of carbonyl (C=O) groups is 1. The molecule has 4 heterocycles. The number of nitrogens with zero attached hydrogens (tertiary/aromatic N) is 2. The Bertz CT molecular complexity index is 1690. The maximum atomic E-state index is 13.4. The zero-order valence-corrected chi connectivity index (χ0v) is 19.8. The Kier molecular flexibility index (Phi) is 5.53. The Morgan fingerprint density at radius 3 is 2.74 bits per heavy atom. The Morgan fingerprint density at radius 2 is 1.97 bits per heavy atom. The molecule has 176 valence electrons. The molecule has 0 spiro atoms. The van der Waals surface area contributed by atoms with Gasteiger partial charge in [-0.2, -0.15) is 0 Å². The van der Waals surface area contributed by atoms with Gasteiger partial charge in [-0.3, -0.25) is 14.6 Å². The highest BCUT2D eigenvalue weighted by Crippen LogP contribution is 2.36. The third-order valence-electron chi connectivity index (χ3n) is 5.81. The van der Waals surface area contributed by atoms with Gasteiger partial charge in [0.05, 0.1) is 10.9 Å². The number of hydrogen-bond donors (Lipinski definition) is 1. The van der Waals surface area contributed by atoms with Crippen molar-refractivity contribution in [1.82, 2.24) is 9.97 Å². The second kappa shape index (κ2) is 8.56. The summed E-state index contributed by atoms with van der Waals surface area (Å²) in [4.78, 5) is 33.4. The van der Waals surface area contributed by atoms with Gasteiger partial charge in [-0.1, -0.05) is 11.6 Å². The lowest BCUT2D eigenvalue weighted by molar-refractivity contribution is 0.0988. The summed E-state index contributed by atoms with van der Waals surface area (Å²) in [6, 6.07) is 8.43. The minimum absolute atomic E-state index is 0.0864. The van der Waals surface area contributed by atoms with E-state index in [0.29, 0.717) is 39.0 Å². The molecule has 5 rings (SSSR count). The van der Waals surface area contributed by atoms with Crippen molar-refractivity contribution in [3.05, 3.63) is 86.7 Å². The normalized spacial score (nSPS) is 12.2. The molecule has 9 heteroatoms. The number of ether oxygens (including phenoxy) is 1. The van der Waals surface area contributed by atoms with Crippen molar-refractivity contribution in [3.63, 3.8) is 0 Å². The zero-order valence-electron chi connectivity index (χ0n) is 19.1. The monoisotopic (exact) mass is 489 g/mol. The van der Waals surface area contributed by atoms with Gasteiger partial charge in [0, 0.05) is 28.9 Å². The molecule has 2 N–H and O–H groups in total. The van der Waals surface area contributed by atoms with Crippen molar-refractivity contribution in [3.8, 4) is 17.1 Å². The van der Waals surface area contributed by atoms with Crippen LogP contribution >= 0.6 is 11.6 Å². The summed E-state index contributed by atoms with van der Waals surface area (Å²) >= 11 is 5.92. The molecule has 0 bridgehead atoms. The van der Waals surface area contributed by atoms with E-state index in [1.54, 1.807) is 44.6 Å². The Hall–Kier alpha value is -4.17. The fraction of sp³-hybridized carbons (Fsp3) is 0.154. The Balaban J connectivity index is 1.69. The molecule has 1 amide bonds. The second-order valence-corrected chi connectivity index (χ2v) is 8.63. The van der Waals surface area contributed by atoms with Crippen LogP contribution in [0.4, 0.5) is 0 Å². The molecule has 0 aliphatic heterocycles. The molecule has 1 atom stereocenters. The van der Waals surface area contributed by atoms with E-state index in [2.05, 4.69) is 9.97 Å². The molecular formula is C26H20ClN3O5. The van der Waals surface area contributed by atoms with Gasteiger partial charge in [-0.05, 0) is 56.7 Å². The van der Waals surface area contributed by atoms with E-state index in [1.807, 2.05) is 13.0 Å². The molecule has 1 aromatic carbocycles. The quantitative estimate of drug-likeness (QED) is 0.323. The number of amides is 1. The van der Waals surface area contributed by atoms with E-state index in [-0.39, 0.29) is 22.0 Å². The molecular weight excluding hydrogens is 470 g/mol. The van der Waals surface area contributed by atoms with Crippen LogP contribution in [0.3, 0.4) is 0 Å². The topological polar surface area (TPSA) is 121 Å². The van der Waals surface area contributed by atoms with E-state index in [9.17, 15) is 9.59 Å². The number of aromatic nitrogens is 2. The molecule has 4 aromatic heterocycles. The van der Waals surface area contributed by atoms with Crippen LogP contribution in [-0.4, -0.2) is 15.9 Å². The fourth-order valence-electron chi connectivity index (χ4n) is 4.12. The third-order valence-corrected chi connectivity index (χ3v) is 6.02. The first kappa shape index (κ1) is 22.6. The van der Waals surface area contributed by atoms with Gasteiger partial charge in [-0.15, -0.1) is 0 Å². The highest BCUT2D eigenvalue weighted by molar-refractivity contribution is 6.29. The second-order valence-electron chi connectivity index (χ2n) is 8.24. The first-order valence-electron chi connectivity index (χ1n) is 10.8. The standard InChI is InChI=1S/C26H20ClN3O5/c1-12-8-15(14(3)34-20-4-5-21(27)30-22(20)26(28)32)25-16(9-12)23(31)13(2)24(35-25)18-11-33-19-6-7-29-10-17(18)19/h4-11,14H,1-3H3,(H2,28,32)/t14-/m1/s1. The zero-order chi connectivity index (χ0) is 24.9. The summed E-state index contributed by atoms with van der Waals surface area (Å²) in [5.74, 6) is -0.211. The van der Waals surface area contributed by atoms with Gasteiger partial charge >= 0.3 is 0 Å². The van der Waals surface area contributed by atoms with Crippen molar-refractivity contribution in [2.75, 3.05) is 0 Å². The van der Waals surface area contributed by atoms with E-state index in [1.165, 1.54) is 12.1 Å². The van der Waals surface area contributed by atoms with Crippen LogP contribution in [-0.2, 0) is 0 Å². The van der Waals surface area contributed by atoms with E-state index in [4.69, 9.17) is 30.9 Å². The Morgan fingerprint density at radius 1 is 1.17 bits per heavy atom. The van der Waals surface area contributed by atoms with Crippen LogP contribution in [0.25, 0.3) is 33.3 Å². The Labute approximate surface area is 204 Å². The maximum Gasteiger partial charge on any atom is 0.271 e. The molecule has 0 fully saturated rings. The third kappa shape index (κ3) is 3.91. The molecule has 0 unspecified atom stereocenters. The summed E-state index contributed by atoms with van der Waals surface area (Å²) in [5, 5.41) is 1.27. The molecule has 5 aromatic rings. The van der Waals surface area contributed by atoms with E-state index in [0.717, 1.165) is 10.9 Å². The van der Waals surface area contributed by atoms with Gasteiger partial charge in [-0.25, -0.2) is 4.98 Å². The van der Waals surface area contributed by atoms with Gasteiger partial charge in [0.15, 0.2) is 16.9 Å². The van der Waals surface area contributed by atoms with Gasteiger partial charge in [0.25, 0.3) is 5.91 Å². The lowest BCUT2D eigenvalue weighted by Gasteiger charge is -2.19. The number of carbonyl (C=O) groups excluding carboxylic acids is 1. The smallest absolute Gasteiger partial charge is 0.271 e. The van der Waals surface area contributed by atoms with Crippen LogP contribution in [0.15, 0.2) is 62.6 Å². The van der Waals surface area contributed by atoms with Gasteiger partial charge in [0.1, 0.15) is 34.4 Å². The van der Waals surface area contributed by atoms with Crippen LogP contribution in [0.5, 0.6) is 5.75 Å². The van der Waals surface area contributed by atoms with Crippen LogP contribution in [0.2, 0.25) is 5.15 Å². The number of pyridine rings is 2. The average molecular weight is 490 g/mol. The van der Waals surface area contributed by atoms with Crippen LogP contribution in [0, 0.1) is 13.8 Å². The number of rotatable bonds is 5. The van der Waals surface area contributed by atoms with Crippen molar-refractivity contribution in [2.45, 2.75) is 26.9 Å². The van der Waals surface area contributed by atoms with Crippen molar-refractivity contribution < 1.29 is 18.4 Å². The SMILES string of the molecule is Cc1cc([C@@H](C)Oc2ccc(Cl)nc2C(N)=O)c2oc(-c3coc4ccncc34)c(C)c(=O)c2c1. The number of hydrogen-bond acceptors (Lipinski definition) is 7. The van der Waals surface area contributed by atoms with E-state index >= 15 is 0 Å². The first-order valence-corrected chi connectivity index (χ1v) is 11.1. The van der Waals surface area contributed by atoms with Gasteiger partial charge in [0.2, 0.25) is 0 Å². The van der Waals surface area contributed by atoms with Crippen molar-refractivity contribution >= 4 is 39.4 Å². The van der Waals surface area contributed by atoms with Gasteiger partial charge < -0.3 is 19.3 Å². The lowest BCUT2D eigenvalue weighted by Crippen LogP contribution is -2.17. The molecule has 0 saturated heterocycles. The number of aryl methyl sites for hydroxylation is 1. The number of fused-ring (bicyclic) bond motifs is 2. The van der Waals surface area contributed by atoms with Crippen LogP contribution in [0.1, 0.15) is 40.2 Å². The number of nitrogens with two attached hydrogens (primary N) is 1. The number of benzene rings is 1. The molecule has 0 saturated carbocycles. The largest absolute Gasteiger partial charge is 0.483 e. The van der Waals surface area contributed by atoms with Crippen molar-refractivity contribution in [1.29, 1.82) is 0 Å². The predicted octanol–water partition coefficient (Wildman–Crippen LogP) is 5.51. The fourth-order valence-corrected chi connectivity index (χ4v) is 4.27. The number of primary amides is 1. The highest BCUT2D eigenvalue weighted by Gasteiger charge is 2.23. The minimum Gasteiger partial charge on any atom is -0.483 e. The maximum absolute atomic E-state index is 13.4. The van der Waals surface area contributed by atoms with Crippen LogP contribution < -0.4 is 15.9 Å². The number of halogens is 1. The average Bonchev–Trinajstić information content (AvgIpc) is 3.26. The summed E-state index contributed by atoms with van der Waals surface area (Å²) in [6.07, 6.45) is 4.22. The first-order chi connectivity index (χ1) is 16.7. The summed E-state index contributed by atoms with van der Waals surface area (Å²) in [7, 11) is 0. The minimum atomic E-state index is -0.770. The summed E-state index contributed by atoms with van der Waals surface area (Å²) in [6.45, 7) is 5.38. The van der Waals surface area contributed by atoms with E-state index < -0.39 is 12.0 Å². The summed E-state index contributed by atoms with van der Waals surface area (Å²) < 4.78 is 18.1.